The van der Waals surface area contributed by atoms with Crippen LogP contribution in [0.1, 0.15) is 87.8 Å². The molecule has 1 saturated heterocycles. The maximum Gasteiger partial charge on any atom is 0.416 e. The highest BCUT2D eigenvalue weighted by Gasteiger charge is 2.44. The lowest BCUT2D eigenvalue weighted by Crippen LogP contribution is -2.42. The van der Waals surface area contributed by atoms with Crippen molar-refractivity contribution in [2.75, 3.05) is 27.8 Å². The van der Waals surface area contributed by atoms with Crippen LogP contribution in [0.5, 0.6) is 5.75 Å². The third-order valence-electron chi connectivity index (χ3n) is 9.43. The first-order valence-electron chi connectivity index (χ1n) is 16.1. The molecule has 49 heavy (non-hydrogen) atoms. The van der Waals surface area contributed by atoms with Gasteiger partial charge in [0.2, 0.25) is 0 Å². The quantitative estimate of drug-likeness (QED) is 0.182. The van der Waals surface area contributed by atoms with Gasteiger partial charge in [-0.25, -0.2) is 4.79 Å². The van der Waals surface area contributed by atoms with E-state index < -0.39 is 47.8 Å². The summed E-state index contributed by atoms with van der Waals surface area (Å²) < 4.78 is 98.0. The summed E-state index contributed by atoms with van der Waals surface area (Å²) in [5.41, 5.74) is 0.0722. The Morgan fingerprint density at radius 1 is 1.04 bits per heavy atom. The van der Waals surface area contributed by atoms with Gasteiger partial charge in [-0.05, 0) is 97.2 Å². The van der Waals surface area contributed by atoms with E-state index in [4.69, 9.17) is 14.2 Å². The van der Waals surface area contributed by atoms with Gasteiger partial charge in [-0.2, -0.15) is 26.3 Å². The molecule has 3 atom stereocenters. The number of hydrogen-bond acceptors (Lipinski definition) is 6. The number of allylic oxidation sites excluding steroid dienone is 1. The Labute approximate surface area is 283 Å². The molecular weight excluding hydrogens is 654 g/mol. The first kappa shape index (κ1) is 38.1. The van der Waals surface area contributed by atoms with Crippen LogP contribution in [0.25, 0.3) is 5.57 Å². The van der Waals surface area contributed by atoms with Crippen molar-refractivity contribution in [3.8, 4) is 5.75 Å². The molecule has 270 valence electrons. The van der Waals surface area contributed by atoms with Crippen molar-refractivity contribution in [1.29, 1.82) is 0 Å². The van der Waals surface area contributed by atoms with Crippen LogP contribution in [0.3, 0.4) is 0 Å². The number of hydrogen-bond donors (Lipinski definition) is 0. The van der Waals surface area contributed by atoms with E-state index in [0.29, 0.717) is 37.3 Å². The lowest BCUT2D eigenvalue weighted by atomic mass is 9.72. The molecule has 0 aromatic heterocycles. The van der Waals surface area contributed by atoms with Gasteiger partial charge < -0.3 is 14.2 Å². The van der Waals surface area contributed by atoms with Gasteiger partial charge >= 0.3 is 24.4 Å². The van der Waals surface area contributed by atoms with E-state index >= 15 is 0 Å². The highest BCUT2D eigenvalue weighted by Crippen LogP contribution is 2.47. The van der Waals surface area contributed by atoms with E-state index in [0.717, 1.165) is 28.7 Å². The molecule has 0 bridgehead atoms. The molecule has 0 spiro atoms. The Morgan fingerprint density at radius 3 is 2.18 bits per heavy atom. The minimum atomic E-state index is -5.04. The number of alkyl halides is 6. The molecular formula is C36H44F6N2O5. The average molecular weight is 699 g/mol. The summed E-state index contributed by atoms with van der Waals surface area (Å²) in [6.45, 7) is 10.1. The van der Waals surface area contributed by atoms with E-state index in [-0.39, 0.29) is 35.5 Å². The molecule has 0 radical (unpaired) electrons. The predicted molar refractivity (Wildman–Crippen MR) is 171 cm³/mol. The molecule has 1 aliphatic carbocycles. The number of carbonyl (C=O) groups excluding carboxylic acids is 2. The first-order valence-corrected chi connectivity index (χ1v) is 16.1. The lowest BCUT2D eigenvalue weighted by molar-refractivity contribution is -0.148. The molecule has 0 unspecified atom stereocenters. The van der Waals surface area contributed by atoms with Gasteiger partial charge in [-0.1, -0.05) is 33.8 Å². The van der Waals surface area contributed by atoms with Crippen molar-refractivity contribution in [3.63, 3.8) is 0 Å². The van der Waals surface area contributed by atoms with Crippen LogP contribution in [0.4, 0.5) is 31.1 Å². The number of nitrogens with zero attached hydrogens (tertiary/aromatic N) is 2. The molecule has 1 aliphatic heterocycles. The van der Waals surface area contributed by atoms with Crippen LogP contribution in [-0.2, 0) is 33.2 Å². The monoisotopic (exact) mass is 698 g/mol. The average Bonchev–Trinajstić information content (AvgIpc) is 3.28. The number of halogens is 6. The molecule has 1 fully saturated rings. The number of likely N-dealkylation sites (N-methyl/N-ethyl adjacent to an activating group) is 1. The fourth-order valence-electron chi connectivity index (χ4n) is 6.96. The molecule has 2 aromatic rings. The molecule has 0 N–H and O–H groups in total. The highest BCUT2D eigenvalue weighted by molar-refractivity contribution is 5.77. The zero-order valence-corrected chi connectivity index (χ0v) is 29.0. The van der Waals surface area contributed by atoms with Gasteiger partial charge in [0.15, 0.2) is 0 Å². The zero-order valence-electron chi connectivity index (χ0n) is 29.0. The fraction of sp³-hybridized carbons (Fsp3) is 0.556. The molecule has 4 rings (SSSR count). The maximum absolute atomic E-state index is 13.6. The number of rotatable bonds is 10. The number of carbonyl (C=O) groups is 2. The molecule has 1 amide bonds. The van der Waals surface area contributed by atoms with Crippen molar-refractivity contribution in [2.24, 2.45) is 11.3 Å². The van der Waals surface area contributed by atoms with Crippen molar-refractivity contribution >= 4 is 17.6 Å². The normalized spacial score (nSPS) is 20.6. The summed E-state index contributed by atoms with van der Waals surface area (Å²) in [5, 5.41) is 0. The summed E-state index contributed by atoms with van der Waals surface area (Å²) in [6.07, 6.45) is -10.2. The van der Waals surface area contributed by atoms with Crippen LogP contribution in [0, 0.1) is 11.3 Å². The summed E-state index contributed by atoms with van der Waals surface area (Å²) >= 11 is 0. The minimum absolute atomic E-state index is 0.00734. The van der Waals surface area contributed by atoms with Crippen molar-refractivity contribution in [2.45, 2.75) is 91.0 Å². The van der Waals surface area contributed by atoms with Crippen molar-refractivity contribution in [1.82, 2.24) is 9.80 Å². The molecule has 1 heterocycles. The third kappa shape index (κ3) is 8.53. The topological polar surface area (TPSA) is 68.3 Å². The Bertz CT molecular complexity index is 1550. The smallest absolute Gasteiger partial charge is 0.416 e. The molecule has 7 nitrogen and oxygen atoms in total. The van der Waals surface area contributed by atoms with Crippen LogP contribution >= 0.6 is 0 Å². The van der Waals surface area contributed by atoms with Gasteiger partial charge in [0.1, 0.15) is 17.9 Å². The van der Waals surface area contributed by atoms with Crippen molar-refractivity contribution < 1.29 is 50.1 Å². The number of cyclic esters (lactones) is 1. The number of esters is 1. The van der Waals surface area contributed by atoms with E-state index in [1.54, 1.807) is 14.0 Å². The summed E-state index contributed by atoms with van der Waals surface area (Å²) in [5.74, 6) is 0.257. The van der Waals surface area contributed by atoms with E-state index in [1.807, 2.05) is 44.0 Å². The van der Waals surface area contributed by atoms with Gasteiger partial charge in [-0.15, -0.1) is 0 Å². The Balaban J connectivity index is 1.72. The highest BCUT2D eigenvalue weighted by atomic mass is 19.4. The lowest BCUT2D eigenvalue weighted by Gasteiger charge is -2.36. The Kier molecular flexibility index (Phi) is 11.1. The predicted octanol–water partition coefficient (Wildman–Crippen LogP) is 8.91. The van der Waals surface area contributed by atoms with Crippen LogP contribution in [0.15, 0.2) is 42.0 Å². The number of benzene rings is 2. The summed E-state index contributed by atoms with van der Waals surface area (Å²) in [6, 6.07) is 5.69. The first-order chi connectivity index (χ1) is 22.7. The van der Waals surface area contributed by atoms with Gasteiger partial charge in [-0.3, -0.25) is 14.6 Å². The van der Waals surface area contributed by atoms with E-state index in [2.05, 4.69) is 13.8 Å². The number of methoxy groups -OCH3 is 2. The number of amides is 1. The van der Waals surface area contributed by atoms with Crippen LogP contribution in [0.2, 0.25) is 0 Å². The molecule has 2 aliphatic rings. The Morgan fingerprint density at radius 2 is 1.65 bits per heavy atom. The van der Waals surface area contributed by atoms with E-state index in [9.17, 15) is 35.9 Å². The second kappa shape index (κ2) is 14.2. The minimum Gasteiger partial charge on any atom is -0.496 e. The van der Waals surface area contributed by atoms with Gasteiger partial charge in [0, 0.05) is 18.7 Å². The molecule has 2 aromatic carbocycles. The van der Waals surface area contributed by atoms with E-state index in [1.165, 1.54) is 12.0 Å². The maximum atomic E-state index is 13.6. The molecule has 0 saturated carbocycles. The van der Waals surface area contributed by atoms with Crippen LogP contribution in [-0.4, -0.2) is 61.8 Å². The Hall–Kier alpha value is -3.74. The van der Waals surface area contributed by atoms with Crippen molar-refractivity contribution in [3.05, 3.63) is 69.8 Å². The molecule has 13 heteroatoms. The standard InChI is InChI=1S/C36H44F6N2O5/c1-20(2)30(32(45)48-8)43(6)18-22-9-10-29(47-7)28(13-22)27-11-12-34(4,5)17-24(27)19-44-21(3)31(49-33(44)46)23-14-25(35(37,38)39)16-26(15-23)36(40,41)42/h9-10,13-16,20-21,30-31H,11-12,17-19H2,1-8H3/t21-,30+,31-/m0/s1. The fourth-order valence-corrected chi connectivity index (χ4v) is 6.96. The zero-order chi connectivity index (χ0) is 36.6. The van der Waals surface area contributed by atoms with Crippen LogP contribution < -0.4 is 4.74 Å². The SMILES string of the molecule is COC(=O)[C@@H](C(C)C)N(C)Cc1ccc(OC)c(C2=C(CN3C(=O)O[C@H](c4cc(C(F)(F)F)cc(C(F)(F)F)c4)[C@@H]3C)CC(C)(C)CC2)c1. The second-order valence-corrected chi connectivity index (χ2v) is 14.1. The summed E-state index contributed by atoms with van der Waals surface area (Å²) in [4.78, 5) is 29.1. The second-order valence-electron chi connectivity index (χ2n) is 14.1. The van der Waals surface area contributed by atoms with Gasteiger partial charge in [0.05, 0.1) is 31.4 Å². The summed E-state index contributed by atoms with van der Waals surface area (Å²) in [7, 11) is 4.75. The number of ether oxygens (including phenoxy) is 3. The third-order valence-corrected chi connectivity index (χ3v) is 9.43. The largest absolute Gasteiger partial charge is 0.496 e. The van der Waals surface area contributed by atoms with Gasteiger partial charge in [0.25, 0.3) is 0 Å².